The van der Waals surface area contributed by atoms with Crippen molar-refractivity contribution in [3.63, 3.8) is 0 Å². The van der Waals surface area contributed by atoms with Crippen LogP contribution < -0.4 is 10.6 Å². The normalized spacial score (nSPS) is 23.6. The number of anilines is 2. The zero-order chi connectivity index (χ0) is 10.7. The van der Waals surface area contributed by atoms with Crippen molar-refractivity contribution in [2.24, 2.45) is 11.8 Å². The summed E-state index contributed by atoms with van der Waals surface area (Å²) < 4.78 is 0. The summed E-state index contributed by atoms with van der Waals surface area (Å²) in [6, 6.07) is 0. The van der Waals surface area contributed by atoms with Crippen LogP contribution in [0.15, 0.2) is 12.4 Å². The van der Waals surface area contributed by atoms with Gasteiger partial charge in [-0.15, -0.1) is 0 Å². The molecule has 2 rings (SSSR count). The molecule has 1 aromatic rings. The smallest absolute Gasteiger partial charge is 0.146 e. The molecule has 1 aliphatic rings. The Hall–Kier alpha value is -1.32. The average molecular weight is 206 g/mol. The van der Waals surface area contributed by atoms with Gasteiger partial charge in [-0.05, 0) is 25.2 Å². The molecular formula is C11H18N4. The highest BCUT2D eigenvalue weighted by Crippen LogP contribution is 2.37. The Balaban J connectivity index is 1.87. The summed E-state index contributed by atoms with van der Waals surface area (Å²) in [5, 5.41) is 6.47. The Morgan fingerprint density at radius 2 is 2.00 bits per heavy atom. The lowest BCUT2D eigenvalue weighted by Gasteiger charge is -2.06. The first kappa shape index (κ1) is 10.2. The third-order valence-electron chi connectivity index (χ3n) is 2.81. The number of aromatic nitrogens is 2. The molecule has 0 spiro atoms. The Morgan fingerprint density at radius 1 is 1.33 bits per heavy atom. The van der Waals surface area contributed by atoms with Gasteiger partial charge >= 0.3 is 0 Å². The molecule has 2 atom stereocenters. The molecule has 0 aliphatic heterocycles. The van der Waals surface area contributed by atoms with Gasteiger partial charge in [-0.2, -0.15) is 0 Å². The van der Waals surface area contributed by atoms with Gasteiger partial charge in [0.25, 0.3) is 0 Å². The highest BCUT2D eigenvalue weighted by Gasteiger charge is 2.31. The standard InChI is InChI=1S/C11H18N4/c1-3-13-10-6-12-7-11(15-10)14-5-9-4-8(9)2/h6-9H,3-5H2,1-2H3,(H2,13,14,15). The first-order valence-electron chi connectivity index (χ1n) is 5.59. The van der Waals surface area contributed by atoms with Crippen LogP contribution >= 0.6 is 0 Å². The van der Waals surface area contributed by atoms with Crippen molar-refractivity contribution < 1.29 is 0 Å². The first-order chi connectivity index (χ1) is 7.29. The molecule has 0 radical (unpaired) electrons. The van der Waals surface area contributed by atoms with Crippen molar-refractivity contribution in [2.45, 2.75) is 20.3 Å². The van der Waals surface area contributed by atoms with Gasteiger partial charge in [-0.1, -0.05) is 6.92 Å². The van der Waals surface area contributed by atoms with Crippen molar-refractivity contribution >= 4 is 11.6 Å². The summed E-state index contributed by atoms with van der Waals surface area (Å²) in [6.07, 6.45) is 4.86. The zero-order valence-corrected chi connectivity index (χ0v) is 9.33. The number of hydrogen-bond donors (Lipinski definition) is 2. The third-order valence-corrected chi connectivity index (χ3v) is 2.81. The van der Waals surface area contributed by atoms with Crippen molar-refractivity contribution in [2.75, 3.05) is 23.7 Å². The number of hydrogen-bond acceptors (Lipinski definition) is 4. The highest BCUT2D eigenvalue weighted by atomic mass is 15.1. The van der Waals surface area contributed by atoms with Crippen LogP contribution in [0, 0.1) is 11.8 Å². The molecule has 0 saturated heterocycles. The van der Waals surface area contributed by atoms with E-state index < -0.39 is 0 Å². The molecule has 1 saturated carbocycles. The predicted molar refractivity (Wildman–Crippen MR) is 62.0 cm³/mol. The van der Waals surface area contributed by atoms with Gasteiger partial charge in [-0.25, -0.2) is 4.98 Å². The fourth-order valence-corrected chi connectivity index (χ4v) is 1.64. The molecule has 0 amide bonds. The molecule has 2 N–H and O–H groups in total. The van der Waals surface area contributed by atoms with Crippen LogP contribution in [-0.2, 0) is 0 Å². The van der Waals surface area contributed by atoms with E-state index in [-0.39, 0.29) is 0 Å². The van der Waals surface area contributed by atoms with Crippen LogP contribution in [0.5, 0.6) is 0 Å². The summed E-state index contributed by atoms with van der Waals surface area (Å²) in [7, 11) is 0. The SMILES string of the molecule is CCNc1cncc(NCC2CC2C)n1. The van der Waals surface area contributed by atoms with Crippen LogP contribution in [0.3, 0.4) is 0 Å². The summed E-state index contributed by atoms with van der Waals surface area (Å²) in [5.74, 6) is 3.41. The second kappa shape index (κ2) is 4.47. The molecule has 1 heterocycles. The molecule has 1 aliphatic carbocycles. The minimum atomic E-state index is 0.828. The van der Waals surface area contributed by atoms with Crippen molar-refractivity contribution in [1.29, 1.82) is 0 Å². The van der Waals surface area contributed by atoms with Crippen LogP contribution in [0.25, 0.3) is 0 Å². The maximum atomic E-state index is 4.40. The largest absolute Gasteiger partial charge is 0.369 e. The highest BCUT2D eigenvalue weighted by molar-refractivity contribution is 5.41. The molecule has 82 valence electrons. The van der Waals surface area contributed by atoms with E-state index >= 15 is 0 Å². The van der Waals surface area contributed by atoms with Gasteiger partial charge in [0.1, 0.15) is 11.6 Å². The van der Waals surface area contributed by atoms with Crippen molar-refractivity contribution in [1.82, 2.24) is 9.97 Å². The lowest BCUT2D eigenvalue weighted by molar-refractivity contribution is 0.784. The summed E-state index contributed by atoms with van der Waals surface area (Å²) in [4.78, 5) is 8.54. The fraction of sp³-hybridized carbons (Fsp3) is 0.636. The lowest BCUT2D eigenvalue weighted by Crippen LogP contribution is -2.08. The predicted octanol–water partition coefficient (Wildman–Crippen LogP) is 1.98. The zero-order valence-electron chi connectivity index (χ0n) is 9.33. The minimum Gasteiger partial charge on any atom is -0.369 e. The molecule has 0 aromatic carbocycles. The summed E-state index contributed by atoms with van der Waals surface area (Å²) in [5.41, 5.74) is 0. The van der Waals surface area contributed by atoms with Gasteiger partial charge in [0.2, 0.25) is 0 Å². The van der Waals surface area contributed by atoms with Gasteiger partial charge in [0.05, 0.1) is 12.4 Å². The van der Waals surface area contributed by atoms with Gasteiger partial charge in [0, 0.05) is 13.1 Å². The quantitative estimate of drug-likeness (QED) is 0.773. The maximum absolute atomic E-state index is 4.40. The second-order valence-corrected chi connectivity index (χ2v) is 4.17. The fourth-order valence-electron chi connectivity index (χ4n) is 1.64. The molecule has 15 heavy (non-hydrogen) atoms. The Morgan fingerprint density at radius 3 is 2.60 bits per heavy atom. The molecule has 1 aromatic heterocycles. The second-order valence-electron chi connectivity index (χ2n) is 4.17. The summed E-state index contributed by atoms with van der Waals surface area (Å²) >= 11 is 0. The van der Waals surface area contributed by atoms with Crippen LogP contribution in [0.1, 0.15) is 20.3 Å². The van der Waals surface area contributed by atoms with Crippen LogP contribution in [0.4, 0.5) is 11.6 Å². The third kappa shape index (κ3) is 2.81. The van der Waals surface area contributed by atoms with E-state index in [1.54, 1.807) is 12.4 Å². The van der Waals surface area contributed by atoms with Crippen LogP contribution in [-0.4, -0.2) is 23.1 Å². The Labute approximate surface area is 90.5 Å². The van der Waals surface area contributed by atoms with Gasteiger partial charge in [-0.3, -0.25) is 4.98 Å². The molecule has 1 fully saturated rings. The molecular weight excluding hydrogens is 188 g/mol. The van der Waals surface area contributed by atoms with Crippen molar-refractivity contribution in [3.05, 3.63) is 12.4 Å². The average Bonchev–Trinajstić information content (AvgIpc) is 2.93. The topological polar surface area (TPSA) is 49.8 Å². The van der Waals surface area contributed by atoms with E-state index in [1.807, 2.05) is 6.92 Å². The molecule has 4 heteroatoms. The number of nitrogens with zero attached hydrogens (tertiary/aromatic N) is 2. The molecule has 2 unspecified atom stereocenters. The molecule has 4 nitrogen and oxygen atoms in total. The van der Waals surface area contributed by atoms with E-state index in [1.165, 1.54) is 6.42 Å². The van der Waals surface area contributed by atoms with E-state index in [0.717, 1.165) is 36.6 Å². The van der Waals surface area contributed by atoms with Gasteiger partial charge < -0.3 is 10.6 Å². The van der Waals surface area contributed by atoms with E-state index in [0.29, 0.717) is 0 Å². The first-order valence-corrected chi connectivity index (χ1v) is 5.59. The molecule has 0 bridgehead atoms. The number of rotatable bonds is 5. The monoisotopic (exact) mass is 206 g/mol. The number of nitrogens with one attached hydrogen (secondary N) is 2. The summed E-state index contributed by atoms with van der Waals surface area (Å²) in [6.45, 7) is 6.23. The van der Waals surface area contributed by atoms with E-state index in [2.05, 4.69) is 27.5 Å². The van der Waals surface area contributed by atoms with Crippen LogP contribution in [0.2, 0.25) is 0 Å². The van der Waals surface area contributed by atoms with E-state index in [4.69, 9.17) is 0 Å². The minimum absolute atomic E-state index is 0.828. The Kier molecular flexibility index (Phi) is 3.04. The Bertz CT molecular complexity index is 326. The van der Waals surface area contributed by atoms with E-state index in [9.17, 15) is 0 Å². The maximum Gasteiger partial charge on any atom is 0.146 e. The van der Waals surface area contributed by atoms with Crippen molar-refractivity contribution in [3.8, 4) is 0 Å². The van der Waals surface area contributed by atoms with Gasteiger partial charge in [0.15, 0.2) is 0 Å². The lowest BCUT2D eigenvalue weighted by atomic mass is 10.3.